The highest BCUT2D eigenvalue weighted by Crippen LogP contribution is 2.36. The van der Waals surface area contributed by atoms with Crippen LogP contribution in [0.2, 0.25) is 0 Å². The van der Waals surface area contributed by atoms with Gasteiger partial charge in [0.15, 0.2) is 18.9 Å². The highest BCUT2D eigenvalue weighted by molar-refractivity contribution is 4.98. The van der Waals surface area contributed by atoms with E-state index in [1.54, 1.807) is 71.1 Å². The number of methoxy groups -OCH3 is 11. The van der Waals surface area contributed by atoms with Crippen LogP contribution in [0.25, 0.3) is 0 Å². The molecule has 3 fully saturated rings. The van der Waals surface area contributed by atoms with Gasteiger partial charge in [-0.1, -0.05) is 0 Å². The summed E-state index contributed by atoms with van der Waals surface area (Å²) in [6.07, 6.45) is -10.2. The molecule has 0 saturated carbocycles. The standard InChI is InChI=1S/C29H54O16/c1-30-12-15-18(33-4)21(35-6)24(38-9)27(41-15)44-20-17(14-32-3)43-29(26(40-11)23(20)37-8)45-28-25(39-10)22(36-7)19(34-5)16(42-28)13-31-2/h15-29H,12-14H2,1-11H3/t15-,16-,17-,18+,19-,20-,21+,22+,23+,24-,25-,26-,27+,28-,29-/m1/s1. The smallest absolute Gasteiger partial charge is 0.190 e. The third-order valence-electron chi connectivity index (χ3n) is 8.50. The molecule has 0 aromatic rings. The molecule has 0 aromatic heterocycles. The minimum Gasteiger partial charge on any atom is -0.382 e. The third-order valence-corrected chi connectivity index (χ3v) is 8.50. The van der Waals surface area contributed by atoms with E-state index in [1.165, 1.54) is 7.11 Å². The molecule has 0 N–H and O–H groups in total. The molecule has 45 heavy (non-hydrogen) atoms. The van der Waals surface area contributed by atoms with E-state index in [1.807, 2.05) is 0 Å². The molecule has 0 aromatic carbocycles. The predicted octanol–water partition coefficient (Wildman–Crippen LogP) is -0.378. The molecule has 16 heteroatoms. The molecule has 0 radical (unpaired) electrons. The van der Waals surface area contributed by atoms with Crippen molar-refractivity contribution < 1.29 is 75.8 Å². The average molecular weight is 659 g/mol. The van der Waals surface area contributed by atoms with Crippen LogP contribution >= 0.6 is 0 Å². The maximum absolute atomic E-state index is 6.62. The first-order valence-corrected chi connectivity index (χ1v) is 14.8. The van der Waals surface area contributed by atoms with Gasteiger partial charge in [0.1, 0.15) is 73.2 Å². The molecule has 0 aliphatic carbocycles. The van der Waals surface area contributed by atoms with E-state index in [0.29, 0.717) is 0 Å². The molecule has 0 bridgehead atoms. The van der Waals surface area contributed by atoms with Crippen LogP contribution in [0, 0.1) is 0 Å². The molecular weight excluding hydrogens is 604 g/mol. The zero-order valence-corrected chi connectivity index (χ0v) is 28.3. The lowest BCUT2D eigenvalue weighted by molar-refractivity contribution is -0.398. The zero-order chi connectivity index (χ0) is 33.1. The minimum absolute atomic E-state index is 0.124. The molecule has 0 unspecified atom stereocenters. The SMILES string of the molecule is COC[C@H]1O[C@@H](O[C@H]2[C@H](OC)[C@@H](OC)[C@@H](O[C@H]3O[C@H](COC)[C@@H](OC)[C@H](OC)[C@H]3OC)O[C@@H]2COC)[C@H](OC)[C@@H](OC)[C@H]1OC. The summed E-state index contributed by atoms with van der Waals surface area (Å²) in [5, 5.41) is 0. The van der Waals surface area contributed by atoms with Crippen LogP contribution in [0.1, 0.15) is 0 Å². The van der Waals surface area contributed by atoms with E-state index in [2.05, 4.69) is 0 Å². The number of hydrogen-bond donors (Lipinski definition) is 0. The van der Waals surface area contributed by atoms with Crippen LogP contribution in [0.4, 0.5) is 0 Å². The summed E-state index contributed by atoms with van der Waals surface area (Å²) < 4.78 is 95.0. The van der Waals surface area contributed by atoms with Crippen LogP contribution in [-0.2, 0) is 75.8 Å². The fourth-order valence-corrected chi connectivity index (χ4v) is 6.43. The van der Waals surface area contributed by atoms with E-state index in [0.717, 1.165) is 0 Å². The van der Waals surface area contributed by atoms with Gasteiger partial charge in [-0.15, -0.1) is 0 Å². The maximum atomic E-state index is 6.62. The van der Waals surface area contributed by atoms with E-state index in [4.69, 9.17) is 75.8 Å². The van der Waals surface area contributed by atoms with Gasteiger partial charge in [-0.05, 0) is 0 Å². The van der Waals surface area contributed by atoms with E-state index in [9.17, 15) is 0 Å². The Balaban J connectivity index is 1.90. The monoisotopic (exact) mass is 658 g/mol. The van der Waals surface area contributed by atoms with Gasteiger partial charge in [-0.3, -0.25) is 0 Å². The van der Waals surface area contributed by atoms with E-state index >= 15 is 0 Å². The lowest BCUT2D eigenvalue weighted by atomic mass is 9.96. The van der Waals surface area contributed by atoms with Crippen LogP contribution in [0.3, 0.4) is 0 Å². The topological polar surface area (TPSA) is 148 Å². The van der Waals surface area contributed by atoms with Crippen molar-refractivity contribution in [2.45, 2.75) is 92.1 Å². The Hall–Kier alpha value is -0.640. The largest absolute Gasteiger partial charge is 0.382 e. The summed E-state index contributed by atoms with van der Waals surface area (Å²) in [6.45, 7) is 0.592. The van der Waals surface area contributed by atoms with Gasteiger partial charge < -0.3 is 75.8 Å². The van der Waals surface area contributed by atoms with Crippen molar-refractivity contribution in [2.75, 3.05) is 98.0 Å². The van der Waals surface area contributed by atoms with Crippen LogP contribution < -0.4 is 0 Å². The van der Waals surface area contributed by atoms with Gasteiger partial charge in [0.2, 0.25) is 0 Å². The second-order valence-corrected chi connectivity index (χ2v) is 10.8. The summed E-state index contributed by atoms with van der Waals surface area (Å²) in [7, 11) is 17.2. The Kier molecular flexibility index (Phi) is 16.7. The second kappa shape index (κ2) is 19.4. The Morgan fingerprint density at radius 2 is 0.578 bits per heavy atom. The first-order valence-electron chi connectivity index (χ1n) is 14.8. The Bertz CT molecular complexity index is 810. The second-order valence-electron chi connectivity index (χ2n) is 10.8. The molecule has 15 atom stereocenters. The molecule has 3 heterocycles. The Morgan fingerprint density at radius 1 is 0.311 bits per heavy atom. The van der Waals surface area contributed by atoms with Crippen molar-refractivity contribution >= 4 is 0 Å². The normalized spacial score (nSPS) is 42.6. The minimum atomic E-state index is -1.00. The average Bonchev–Trinajstić information content (AvgIpc) is 3.05. The summed E-state index contributed by atoms with van der Waals surface area (Å²) in [5.41, 5.74) is 0. The van der Waals surface area contributed by atoms with Crippen molar-refractivity contribution in [3.8, 4) is 0 Å². The summed E-state index contributed by atoms with van der Waals surface area (Å²) in [5.74, 6) is 0. The van der Waals surface area contributed by atoms with Crippen LogP contribution in [0.5, 0.6) is 0 Å². The summed E-state index contributed by atoms with van der Waals surface area (Å²) >= 11 is 0. The molecule has 3 saturated heterocycles. The molecule has 16 nitrogen and oxygen atoms in total. The van der Waals surface area contributed by atoms with Gasteiger partial charge in [0.05, 0.1) is 19.8 Å². The van der Waals surface area contributed by atoms with Gasteiger partial charge in [0, 0.05) is 78.2 Å². The molecule has 0 amide bonds. The Morgan fingerprint density at radius 3 is 0.867 bits per heavy atom. The highest BCUT2D eigenvalue weighted by Gasteiger charge is 2.55. The summed E-state index contributed by atoms with van der Waals surface area (Å²) in [6, 6.07) is 0. The molecule has 266 valence electrons. The maximum Gasteiger partial charge on any atom is 0.190 e. The van der Waals surface area contributed by atoms with Crippen LogP contribution in [0.15, 0.2) is 0 Å². The number of hydrogen-bond acceptors (Lipinski definition) is 16. The quantitative estimate of drug-likeness (QED) is 0.188. The fraction of sp³-hybridized carbons (Fsp3) is 1.00. The summed E-state index contributed by atoms with van der Waals surface area (Å²) in [4.78, 5) is 0. The van der Waals surface area contributed by atoms with Crippen LogP contribution in [-0.4, -0.2) is 190 Å². The first kappa shape index (κ1) is 38.8. The Labute approximate surface area is 266 Å². The van der Waals surface area contributed by atoms with Crippen molar-refractivity contribution in [3.63, 3.8) is 0 Å². The number of ether oxygens (including phenoxy) is 16. The zero-order valence-electron chi connectivity index (χ0n) is 28.3. The first-order chi connectivity index (χ1) is 21.9. The van der Waals surface area contributed by atoms with Crippen molar-refractivity contribution in [1.29, 1.82) is 0 Å². The van der Waals surface area contributed by atoms with Gasteiger partial charge >= 0.3 is 0 Å². The lowest BCUT2D eigenvalue weighted by Gasteiger charge is -2.50. The highest BCUT2D eigenvalue weighted by atomic mass is 16.8. The molecule has 3 aliphatic heterocycles. The molecule has 3 aliphatic rings. The van der Waals surface area contributed by atoms with Crippen molar-refractivity contribution in [1.82, 2.24) is 0 Å². The fourth-order valence-electron chi connectivity index (χ4n) is 6.43. The van der Waals surface area contributed by atoms with Gasteiger partial charge in [-0.2, -0.15) is 0 Å². The van der Waals surface area contributed by atoms with Crippen molar-refractivity contribution in [3.05, 3.63) is 0 Å². The van der Waals surface area contributed by atoms with E-state index < -0.39 is 92.1 Å². The lowest BCUT2D eigenvalue weighted by Crippen LogP contribution is -2.67. The molecular formula is C29H54O16. The molecule has 0 spiro atoms. The van der Waals surface area contributed by atoms with Gasteiger partial charge in [-0.25, -0.2) is 0 Å². The predicted molar refractivity (Wildman–Crippen MR) is 154 cm³/mol. The number of rotatable bonds is 18. The van der Waals surface area contributed by atoms with Crippen molar-refractivity contribution in [2.24, 2.45) is 0 Å². The molecule has 3 rings (SSSR count). The third kappa shape index (κ3) is 8.70. The van der Waals surface area contributed by atoms with Gasteiger partial charge in [0.25, 0.3) is 0 Å². The van der Waals surface area contributed by atoms with E-state index in [-0.39, 0.29) is 19.8 Å².